The van der Waals surface area contributed by atoms with E-state index in [9.17, 15) is 23.6 Å². The fraction of sp³-hybridized carbons (Fsp3) is 1.00. The van der Waals surface area contributed by atoms with Crippen molar-refractivity contribution in [2.45, 2.75) is 47.3 Å². The summed E-state index contributed by atoms with van der Waals surface area (Å²) in [5, 5.41) is 29.2. The number of phosphoric ester groups is 1. The van der Waals surface area contributed by atoms with Crippen molar-refractivity contribution in [3.8, 4) is 0 Å². The van der Waals surface area contributed by atoms with Gasteiger partial charge in [-0.1, -0.05) is 0 Å². The molecule has 0 aliphatic carbocycles. The number of phosphoric acid groups is 1. The molecule has 5 N–H and O–H groups in total. The second-order valence-corrected chi connectivity index (χ2v) is 14.2. The molecule has 0 aromatic carbocycles. The third-order valence-corrected chi connectivity index (χ3v) is 5.91. The summed E-state index contributed by atoms with van der Waals surface area (Å²) >= 11 is -3.09. The van der Waals surface area contributed by atoms with Crippen molar-refractivity contribution < 1.29 is 47.4 Å². The Kier molecular flexibility index (Phi) is 7.29. The molecule has 1 fully saturated rings. The van der Waals surface area contributed by atoms with Gasteiger partial charge in [0.25, 0.3) is 0 Å². The van der Waals surface area contributed by atoms with Crippen LogP contribution in [0.4, 0.5) is 0 Å². The predicted molar refractivity (Wildman–Crippen MR) is 73.6 cm³/mol. The van der Waals surface area contributed by atoms with Crippen LogP contribution in [0.5, 0.6) is 0 Å². The second-order valence-electron chi connectivity index (χ2n) is 5.55. The molecule has 0 bridgehead atoms. The predicted octanol–water partition coefficient (Wildman–Crippen LogP) is -1.44. The molecule has 0 amide bonds. The topological polar surface area (TPSA) is 163 Å². The number of aliphatic hydroxyl groups excluding tert-OH is 3. The van der Waals surface area contributed by atoms with Gasteiger partial charge in [-0.25, -0.2) is 0 Å². The maximum atomic E-state index is 11.8. The molecule has 10 nitrogen and oxygen atoms in total. The summed E-state index contributed by atoms with van der Waals surface area (Å²) in [6, 6.07) is 0. The van der Waals surface area contributed by atoms with E-state index in [1.165, 1.54) is 0 Å². The monoisotopic (exact) mass is 408 g/mol. The summed E-state index contributed by atoms with van der Waals surface area (Å²) in [5.41, 5.74) is 3.16. The van der Waals surface area contributed by atoms with E-state index in [4.69, 9.17) is 19.3 Å². The third-order valence-electron chi connectivity index (χ3n) is 2.83. The molecule has 132 valence electrons. The van der Waals surface area contributed by atoms with Gasteiger partial charge in [0.1, 0.15) is 0 Å². The van der Waals surface area contributed by atoms with Crippen LogP contribution in [0.3, 0.4) is 0 Å². The minimum absolute atomic E-state index is 0.125. The van der Waals surface area contributed by atoms with Gasteiger partial charge in [0, 0.05) is 0 Å². The first kappa shape index (κ1) is 20.3. The average molecular weight is 408 g/mol. The number of hydrogen-bond acceptors (Lipinski definition) is 8. The molecule has 12 heteroatoms. The van der Waals surface area contributed by atoms with Crippen molar-refractivity contribution in [2.75, 3.05) is 13.2 Å². The van der Waals surface area contributed by atoms with Crippen LogP contribution in [0.25, 0.3) is 0 Å². The summed E-state index contributed by atoms with van der Waals surface area (Å²) in [5.74, 6) is 0. The molecule has 0 aromatic rings. The van der Waals surface area contributed by atoms with Gasteiger partial charge in [0.15, 0.2) is 0 Å². The molecule has 0 radical (unpaired) electrons. The van der Waals surface area contributed by atoms with E-state index in [0.717, 1.165) is 0 Å². The zero-order valence-corrected chi connectivity index (χ0v) is 15.0. The van der Waals surface area contributed by atoms with Crippen LogP contribution < -0.4 is 0 Å². The first-order valence-electron chi connectivity index (χ1n) is 6.44. The fourth-order valence-electron chi connectivity index (χ4n) is 1.87. The van der Waals surface area contributed by atoms with Crippen LogP contribution in [0.15, 0.2) is 0 Å². The van der Waals surface area contributed by atoms with E-state index in [1.807, 2.05) is 0 Å². The van der Waals surface area contributed by atoms with Crippen molar-refractivity contribution in [3.05, 3.63) is 0 Å². The van der Waals surface area contributed by atoms with Gasteiger partial charge in [-0.2, -0.15) is 0 Å². The zero-order chi connectivity index (χ0) is 17.1. The molecule has 1 heterocycles. The first-order chi connectivity index (χ1) is 9.89. The van der Waals surface area contributed by atoms with E-state index in [-0.39, 0.29) is 5.21 Å². The van der Waals surface area contributed by atoms with E-state index in [1.54, 1.807) is 11.4 Å². The van der Waals surface area contributed by atoms with Crippen LogP contribution in [0.2, 0.25) is 16.6 Å². The van der Waals surface area contributed by atoms with Gasteiger partial charge < -0.3 is 0 Å². The summed E-state index contributed by atoms with van der Waals surface area (Å²) in [6.07, 6.45) is -6.05. The molecule has 1 unspecified atom stereocenters. The standard InChI is InChI=1S/C10H22AsO10P/c1-11(2,15)3-7-8(13)9(14)10(21-7)19-4-6(12)5-20-22(16,17)18/h6-10,12-14H,3-5H2,1-2H3,(H2,16,17,18)/t6?,7-,8-,9-,10-/m1/s1. The summed E-state index contributed by atoms with van der Waals surface area (Å²) in [7, 11) is -4.69. The van der Waals surface area contributed by atoms with Gasteiger partial charge in [0.2, 0.25) is 0 Å². The zero-order valence-electron chi connectivity index (χ0n) is 12.2. The summed E-state index contributed by atoms with van der Waals surface area (Å²) in [4.78, 5) is 17.0. The molecule has 1 aliphatic rings. The quantitative estimate of drug-likeness (QED) is 0.237. The third kappa shape index (κ3) is 7.23. The van der Waals surface area contributed by atoms with Gasteiger partial charge in [-0.05, 0) is 0 Å². The Morgan fingerprint density at radius 2 is 1.82 bits per heavy atom. The van der Waals surface area contributed by atoms with E-state index < -0.39 is 65.2 Å². The van der Waals surface area contributed by atoms with Gasteiger partial charge in [-0.3, -0.25) is 0 Å². The molecule has 22 heavy (non-hydrogen) atoms. The number of aliphatic hydroxyl groups is 3. The normalized spacial score (nSPS) is 31.4. The molecule has 1 aliphatic heterocycles. The van der Waals surface area contributed by atoms with Crippen LogP contribution in [-0.2, 0) is 22.3 Å². The molecular formula is C10H22AsO10P. The second kappa shape index (κ2) is 7.89. The van der Waals surface area contributed by atoms with Crippen molar-refractivity contribution in [1.29, 1.82) is 0 Å². The summed E-state index contributed by atoms with van der Waals surface area (Å²) < 4.78 is 36.7. The number of hydrogen-bond donors (Lipinski definition) is 5. The molecular weight excluding hydrogens is 386 g/mol. The van der Waals surface area contributed by atoms with Crippen LogP contribution in [0.1, 0.15) is 0 Å². The molecule has 0 spiro atoms. The Labute approximate surface area is 129 Å². The Bertz CT molecular complexity index is 447. The Morgan fingerprint density at radius 3 is 2.32 bits per heavy atom. The van der Waals surface area contributed by atoms with Crippen molar-refractivity contribution >= 4 is 21.3 Å². The van der Waals surface area contributed by atoms with Crippen molar-refractivity contribution in [1.82, 2.24) is 0 Å². The molecule has 5 atom stereocenters. The number of ether oxygens (including phenoxy) is 2. The van der Waals surface area contributed by atoms with Crippen LogP contribution in [-0.4, -0.2) is 82.5 Å². The van der Waals surface area contributed by atoms with Gasteiger partial charge in [-0.15, -0.1) is 0 Å². The summed E-state index contributed by atoms with van der Waals surface area (Å²) in [6.45, 7) is -1.09. The molecule has 1 rings (SSSR count). The minimum atomic E-state index is -4.69. The Morgan fingerprint density at radius 1 is 1.23 bits per heavy atom. The van der Waals surface area contributed by atoms with Crippen molar-refractivity contribution in [3.63, 3.8) is 0 Å². The van der Waals surface area contributed by atoms with Gasteiger partial charge >= 0.3 is 129 Å². The van der Waals surface area contributed by atoms with Crippen LogP contribution >= 0.6 is 7.82 Å². The van der Waals surface area contributed by atoms with Crippen molar-refractivity contribution in [2.24, 2.45) is 0 Å². The van der Waals surface area contributed by atoms with E-state index in [0.29, 0.717) is 0 Å². The SMILES string of the molecule is C[As](C)(=O)C[C@H]1O[C@@H](OCC(O)COP(=O)(O)O)[C@H](O)[C@@H]1O. The average Bonchev–Trinajstić information content (AvgIpc) is 2.59. The van der Waals surface area contributed by atoms with Gasteiger partial charge in [0.05, 0.1) is 0 Å². The van der Waals surface area contributed by atoms with Crippen LogP contribution in [0, 0.1) is 0 Å². The Balaban J connectivity index is 2.43. The molecule has 0 aromatic heterocycles. The fourth-order valence-corrected chi connectivity index (χ4v) is 4.69. The van der Waals surface area contributed by atoms with E-state index in [2.05, 4.69) is 4.52 Å². The molecule has 0 saturated carbocycles. The first-order valence-corrected chi connectivity index (χ1v) is 13.8. The number of rotatable bonds is 8. The molecule has 1 saturated heterocycles. The maximum absolute atomic E-state index is 11.8. The Hall–Kier alpha value is 0.268. The van der Waals surface area contributed by atoms with E-state index >= 15 is 0 Å².